The summed E-state index contributed by atoms with van der Waals surface area (Å²) in [5, 5.41) is 1.08. The van der Waals surface area contributed by atoms with Crippen LogP contribution in [0.3, 0.4) is 0 Å². The lowest BCUT2D eigenvalue weighted by molar-refractivity contribution is 0.354. The van der Waals surface area contributed by atoms with Gasteiger partial charge in [0.1, 0.15) is 6.26 Å². The van der Waals surface area contributed by atoms with Gasteiger partial charge in [0.2, 0.25) is 5.89 Å². The standard InChI is InChI=1S/C28H25N3O4S/c1-17-9-11-21(18(2)13-17)26-29-19(15-35-26)16-36-28-30-23-8-6-5-7-22(23)27(32)31(28)20-10-12-24(33-3)25(14-20)34-4/h5-15H,16H2,1-4H3. The predicted octanol–water partition coefficient (Wildman–Crippen LogP) is 5.97. The van der Waals surface area contributed by atoms with Crippen molar-refractivity contribution >= 4 is 22.7 Å². The van der Waals surface area contributed by atoms with Gasteiger partial charge in [-0.2, -0.15) is 0 Å². The van der Waals surface area contributed by atoms with Crippen LogP contribution in [0.25, 0.3) is 28.0 Å². The van der Waals surface area contributed by atoms with Crippen LogP contribution in [0.4, 0.5) is 0 Å². The van der Waals surface area contributed by atoms with Crippen LogP contribution in [0.1, 0.15) is 16.8 Å². The maximum atomic E-state index is 13.6. The van der Waals surface area contributed by atoms with Crippen molar-refractivity contribution < 1.29 is 13.9 Å². The number of nitrogens with zero attached hydrogens (tertiary/aromatic N) is 3. The molecule has 0 spiro atoms. The Labute approximate surface area is 212 Å². The summed E-state index contributed by atoms with van der Waals surface area (Å²) in [6, 6.07) is 18.9. The first-order valence-corrected chi connectivity index (χ1v) is 12.4. The first-order valence-electron chi connectivity index (χ1n) is 11.4. The Morgan fingerprint density at radius 1 is 0.944 bits per heavy atom. The van der Waals surface area contributed by atoms with Crippen molar-refractivity contribution in [3.63, 3.8) is 0 Å². The average Bonchev–Trinajstić information content (AvgIpc) is 3.36. The molecule has 5 aromatic rings. The number of methoxy groups -OCH3 is 2. The minimum Gasteiger partial charge on any atom is -0.493 e. The second-order valence-electron chi connectivity index (χ2n) is 8.34. The molecular weight excluding hydrogens is 474 g/mol. The number of rotatable bonds is 7. The van der Waals surface area contributed by atoms with E-state index in [0.717, 1.165) is 16.8 Å². The van der Waals surface area contributed by atoms with Gasteiger partial charge >= 0.3 is 0 Å². The molecule has 0 N–H and O–H groups in total. The zero-order valence-corrected chi connectivity index (χ0v) is 21.3. The number of oxazole rings is 1. The molecule has 182 valence electrons. The summed E-state index contributed by atoms with van der Waals surface area (Å²) in [6.07, 6.45) is 1.65. The topological polar surface area (TPSA) is 79.4 Å². The van der Waals surface area contributed by atoms with Crippen molar-refractivity contribution in [1.29, 1.82) is 0 Å². The van der Waals surface area contributed by atoms with Crippen LogP contribution >= 0.6 is 11.8 Å². The lowest BCUT2D eigenvalue weighted by atomic mass is 10.1. The van der Waals surface area contributed by atoms with Gasteiger partial charge in [0, 0.05) is 17.4 Å². The Morgan fingerprint density at radius 3 is 2.53 bits per heavy atom. The van der Waals surface area contributed by atoms with Crippen molar-refractivity contribution in [1.82, 2.24) is 14.5 Å². The number of thioether (sulfide) groups is 1. The van der Waals surface area contributed by atoms with Crippen molar-refractivity contribution in [2.75, 3.05) is 14.2 Å². The molecule has 3 aromatic carbocycles. The molecule has 8 heteroatoms. The van der Waals surface area contributed by atoms with Crippen LogP contribution in [0, 0.1) is 13.8 Å². The van der Waals surface area contributed by atoms with Crippen LogP contribution in [0.5, 0.6) is 11.5 Å². The van der Waals surface area contributed by atoms with Crippen molar-refractivity contribution in [3.05, 3.63) is 94.1 Å². The third-order valence-electron chi connectivity index (χ3n) is 5.88. The van der Waals surface area contributed by atoms with E-state index < -0.39 is 0 Å². The SMILES string of the molecule is COc1ccc(-n2c(SCc3coc(-c4ccc(C)cc4C)n3)nc3ccccc3c2=O)cc1OC. The molecule has 2 heterocycles. The highest BCUT2D eigenvalue weighted by Gasteiger charge is 2.17. The molecule has 0 aliphatic rings. The maximum absolute atomic E-state index is 13.6. The predicted molar refractivity (Wildman–Crippen MR) is 141 cm³/mol. The molecule has 0 saturated heterocycles. The molecule has 0 aliphatic heterocycles. The van der Waals surface area contributed by atoms with Crippen LogP contribution in [0.15, 0.2) is 81.3 Å². The minimum atomic E-state index is -0.161. The van der Waals surface area contributed by atoms with E-state index in [9.17, 15) is 4.79 Å². The number of hydrogen-bond donors (Lipinski definition) is 0. The normalized spacial score (nSPS) is 11.1. The van der Waals surface area contributed by atoms with Gasteiger partial charge in [0.05, 0.1) is 36.5 Å². The van der Waals surface area contributed by atoms with Gasteiger partial charge in [0.25, 0.3) is 5.56 Å². The Kier molecular flexibility index (Phi) is 6.52. The van der Waals surface area contributed by atoms with Crippen molar-refractivity contribution in [2.45, 2.75) is 24.8 Å². The summed E-state index contributed by atoms with van der Waals surface area (Å²) in [6.45, 7) is 4.10. The number of aromatic nitrogens is 3. The molecule has 2 aromatic heterocycles. The molecule has 0 bridgehead atoms. The monoisotopic (exact) mass is 499 g/mol. The van der Waals surface area contributed by atoms with E-state index in [1.165, 1.54) is 17.3 Å². The zero-order chi connectivity index (χ0) is 25.2. The quantitative estimate of drug-likeness (QED) is 0.202. The smallest absolute Gasteiger partial charge is 0.266 e. The Hall–Kier alpha value is -4.04. The van der Waals surface area contributed by atoms with Crippen LogP contribution in [-0.2, 0) is 5.75 Å². The molecule has 0 saturated carbocycles. The molecule has 0 fully saturated rings. The van der Waals surface area contributed by atoms with Gasteiger partial charge < -0.3 is 13.9 Å². The highest BCUT2D eigenvalue weighted by Crippen LogP contribution is 2.32. The maximum Gasteiger partial charge on any atom is 0.266 e. The highest BCUT2D eigenvalue weighted by molar-refractivity contribution is 7.98. The second kappa shape index (κ2) is 9.91. The van der Waals surface area contributed by atoms with E-state index in [1.54, 1.807) is 43.2 Å². The molecule has 7 nitrogen and oxygen atoms in total. The summed E-state index contributed by atoms with van der Waals surface area (Å²) < 4.78 is 18.2. The Balaban J connectivity index is 1.53. The van der Waals surface area contributed by atoms with E-state index >= 15 is 0 Å². The molecular formula is C28H25N3O4S. The van der Waals surface area contributed by atoms with Crippen molar-refractivity contribution in [2.24, 2.45) is 0 Å². The summed E-state index contributed by atoms with van der Waals surface area (Å²) in [5.41, 5.74) is 5.13. The first kappa shape index (κ1) is 23.7. The third kappa shape index (κ3) is 4.47. The second-order valence-corrected chi connectivity index (χ2v) is 9.28. The molecule has 0 amide bonds. The molecule has 0 atom stereocenters. The lowest BCUT2D eigenvalue weighted by Crippen LogP contribution is -2.21. The van der Waals surface area contributed by atoms with Gasteiger partial charge in [-0.15, -0.1) is 0 Å². The summed E-state index contributed by atoms with van der Waals surface area (Å²) in [5.74, 6) is 2.16. The van der Waals surface area contributed by atoms with E-state index in [1.807, 2.05) is 43.3 Å². The Bertz CT molecular complexity index is 1620. The zero-order valence-electron chi connectivity index (χ0n) is 20.4. The van der Waals surface area contributed by atoms with Gasteiger partial charge in [-0.05, 0) is 49.7 Å². The number of aryl methyl sites for hydroxylation is 2. The van der Waals surface area contributed by atoms with Crippen LogP contribution < -0.4 is 15.0 Å². The van der Waals surface area contributed by atoms with E-state index in [-0.39, 0.29) is 5.56 Å². The molecule has 0 radical (unpaired) electrons. The minimum absolute atomic E-state index is 0.161. The van der Waals surface area contributed by atoms with E-state index in [0.29, 0.717) is 44.9 Å². The van der Waals surface area contributed by atoms with Gasteiger partial charge in [-0.1, -0.05) is 41.6 Å². The summed E-state index contributed by atoms with van der Waals surface area (Å²) in [7, 11) is 3.14. The fourth-order valence-electron chi connectivity index (χ4n) is 4.09. The lowest BCUT2D eigenvalue weighted by Gasteiger charge is -2.15. The fraction of sp³-hybridized carbons (Fsp3) is 0.179. The number of hydrogen-bond acceptors (Lipinski definition) is 7. The summed E-state index contributed by atoms with van der Waals surface area (Å²) >= 11 is 1.42. The average molecular weight is 500 g/mol. The third-order valence-corrected chi connectivity index (χ3v) is 6.86. The molecule has 0 aliphatic carbocycles. The number of ether oxygens (including phenoxy) is 2. The number of para-hydroxylation sites is 1. The van der Waals surface area contributed by atoms with E-state index in [4.69, 9.17) is 18.9 Å². The van der Waals surface area contributed by atoms with E-state index in [2.05, 4.69) is 18.0 Å². The number of benzene rings is 3. The largest absolute Gasteiger partial charge is 0.493 e. The van der Waals surface area contributed by atoms with Gasteiger partial charge in [-0.25, -0.2) is 9.97 Å². The van der Waals surface area contributed by atoms with Crippen LogP contribution in [0.2, 0.25) is 0 Å². The van der Waals surface area contributed by atoms with Crippen LogP contribution in [-0.4, -0.2) is 28.8 Å². The van der Waals surface area contributed by atoms with Gasteiger partial charge in [-0.3, -0.25) is 9.36 Å². The highest BCUT2D eigenvalue weighted by atomic mass is 32.2. The molecule has 0 unspecified atom stereocenters. The molecule has 36 heavy (non-hydrogen) atoms. The Morgan fingerprint density at radius 2 is 1.75 bits per heavy atom. The molecule has 5 rings (SSSR count). The van der Waals surface area contributed by atoms with Gasteiger partial charge in [0.15, 0.2) is 16.7 Å². The first-order chi connectivity index (χ1) is 17.5. The van der Waals surface area contributed by atoms with Crippen molar-refractivity contribution in [3.8, 4) is 28.6 Å². The summed E-state index contributed by atoms with van der Waals surface area (Å²) in [4.78, 5) is 23.1. The number of fused-ring (bicyclic) bond motifs is 1. The fourth-order valence-corrected chi connectivity index (χ4v) is 4.98.